The summed E-state index contributed by atoms with van der Waals surface area (Å²) in [4.78, 5) is 21.2. The second-order valence-electron chi connectivity index (χ2n) is 10.3. The Labute approximate surface area is 212 Å². The molecular weight excluding hydrogens is 454 g/mol. The number of rotatable bonds is 9. The molecule has 0 bridgehead atoms. The number of tetrazole rings is 1. The highest BCUT2D eigenvalue weighted by Gasteiger charge is 2.29. The average Bonchev–Trinajstić information content (AvgIpc) is 3.39. The van der Waals surface area contributed by atoms with Gasteiger partial charge >= 0.3 is 0 Å². The maximum atomic E-state index is 13.2. The first-order chi connectivity index (χ1) is 17.6. The van der Waals surface area contributed by atoms with E-state index < -0.39 is 0 Å². The van der Waals surface area contributed by atoms with E-state index >= 15 is 0 Å². The van der Waals surface area contributed by atoms with Crippen molar-refractivity contribution in [2.75, 3.05) is 39.4 Å². The first-order valence-electron chi connectivity index (χ1n) is 13.6. The zero-order valence-electron chi connectivity index (χ0n) is 21.7. The average molecular weight is 494 g/mol. The number of morpholine rings is 1. The lowest BCUT2D eigenvalue weighted by molar-refractivity contribution is 0.0290. The summed E-state index contributed by atoms with van der Waals surface area (Å²) < 4.78 is 7.63. The minimum absolute atomic E-state index is 0.0186. The van der Waals surface area contributed by atoms with Crippen molar-refractivity contribution in [1.82, 2.24) is 35.0 Å². The molecule has 9 heteroatoms. The van der Waals surface area contributed by atoms with Crippen LogP contribution < -0.4 is 5.56 Å². The Morgan fingerprint density at radius 2 is 2.00 bits per heavy atom. The third kappa shape index (κ3) is 5.53. The molecule has 0 unspecified atom stereocenters. The van der Waals surface area contributed by atoms with Gasteiger partial charge in [-0.1, -0.05) is 44.4 Å². The summed E-state index contributed by atoms with van der Waals surface area (Å²) in [7, 11) is 0. The number of aromatic amines is 1. The number of hydrogen-bond acceptors (Lipinski definition) is 7. The number of aryl methyl sites for hydroxylation is 1. The number of nitrogens with one attached hydrogen (secondary N) is 1. The fourth-order valence-electron chi connectivity index (χ4n) is 5.81. The van der Waals surface area contributed by atoms with E-state index in [1.54, 1.807) is 0 Å². The number of H-pyrrole nitrogens is 1. The van der Waals surface area contributed by atoms with Crippen molar-refractivity contribution in [2.24, 2.45) is 0 Å². The van der Waals surface area contributed by atoms with Crippen LogP contribution in [-0.2, 0) is 11.3 Å². The van der Waals surface area contributed by atoms with Crippen LogP contribution in [0.3, 0.4) is 0 Å². The van der Waals surface area contributed by atoms with E-state index in [2.05, 4.69) is 54.0 Å². The van der Waals surface area contributed by atoms with Crippen molar-refractivity contribution >= 4 is 10.9 Å². The monoisotopic (exact) mass is 493 g/mol. The highest BCUT2D eigenvalue weighted by Crippen LogP contribution is 2.32. The van der Waals surface area contributed by atoms with Gasteiger partial charge < -0.3 is 9.72 Å². The first kappa shape index (κ1) is 25.0. The van der Waals surface area contributed by atoms with E-state index in [0.29, 0.717) is 12.6 Å². The van der Waals surface area contributed by atoms with Crippen molar-refractivity contribution in [1.29, 1.82) is 0 Å². The SMILES string of the molecule is CC[C@@H](c1nnnn1C1CCCCC1)N(CCN1CCOCC1)Cc1cc2cccc(C)c2[nH]c1=O. The van der Waals surface area contributed by atoms with Crippen LogP contribution in [0.4, 0.5) is 0 Å². The van der Waals surface area contributed by atoms with Gasteiger partial charge in [0.15, 0.2) is 5.82 Å². The van der Waals surface area contributed by atoms with Crippen LogP contribution in [-0.4, -0.2) is 74.4 Å². The number of pyridine rings is 1. The highest BCUT2D eigenvalue weighted by atomic mass is 16.5. The van der Waals surface area contributed by atoms with E-state index in [0.717, 1.165) is 86.5 Å². The Morgan fingerprint density at radius 3 is 2.78 bits per heavy atom. The van der Waals surface area contributed by atoms with Gasteiger partial charge in [0.05, 0.1) is 30.8 Å². The van der Waals surface area contributed by atoms with Gasteiger partial charge in [0.2, 0.25) is 0 Å². The van der Waals surface area contributed by atoms with Crippen LogP contribution in [0.15, 0.2) is 29.1 Å². The van der Waals surface area contributed by atoms with Gasteiger partial charge in [-0.2, -0.15) is 0 Å². The number of fused-ring (bicyclic) bond motifs is 1. The number of ether oxygens (including phenoxy) is 1. The minimum atomic E-state index is -0.0186. The topological polar surface area (TPSA) is 92.2 Å². The Balaban J connectivity index is 1.45. The fraction of sp³-hybridized carbons (Fsp3) is 0.630. The molecule has 0 radical (unpaired) electrons. The summed E-state index contributed by atoms with van der Waals surface area (Å²) in [5, 5.41) is 14.2. The van der Waals surface area contributed by atoms with Gasteiger partial charge in [-0.05, 0) is 53.6 Å². The molecule has 1 saturated carbocycles. The molecule has 1 aliphatic heterocycles. The molecule has 3 heterocycles. The molecule has 2 aliphatic rings. The molecule has 9 nitrogen and oxygen atoms in total. The van der Waals surface area contributed by atoms with Crippen molar-refractivity contribution in [3.63, 3.8) is 0 Å². The van der Waals surface area contributed by atoms with Gasteiger partial charge in [0, 0.05) is 38.3 Å². The smallest absolute Gasteiger partial charge is 0.252 e. The maximum Gasteiger partial charge on any atom is 0.252 e. The van der Waals surface area contributed by atoms with Crippen molar-refractivity contribution < 1.29 is 4.74 Å². The third-order valence-electron chi connectivity index (χ3n) is 7.91. The van der Waals surface area contributed by atoms with E-state index in [9.17, 15) is 4.79 Å². The number of para-hydroxylation sites is 1. The predicted octanol–water partition coefficient (Wildman–Crippen LogP) is 3.61. The minimum Gasteiger partial charge on any atom is -0.379 e. The van der Waals surface area contributed by atoms with Crippen LogP contribution in [0.2, 0.25) is 0 Å². The second-order valence-corrected chi connectivity index (χ2v) is 10.3. The largest absolute Gasteiger partial charge is 0.379 e. The number of benzene rings is 1. The predicted molar refractivity (Wildman–Crippen MR) is 140 cm³/mol. The quantitative estimate of drug-likeness (QED) is 0.487. The maximum absolute atomic E-state index is 13.2. The summed E-state index contributed by atoms with van der Waals surface area (Å²) >= 11 is 0. The molecule has 0 amide bonds. The Bertz CT molecular complexity index is 1190. The first-order valence-corrected chi connectivity index (χ1v) is 13.6. The summed E-state index contributed by atoms with van der Waals surface area (Å²) in [6, 6.07) is 8.61. The van der Waals surface area contributed by atoms with Gasteiger partial charge in [-0.3, -0.25) is 14.6 Å². The van der Waals surface area contributed by atoms with Crippen molar-refractivity contribution in [3.8, 4) is 0 Å². The molecule has 2 aromatic heterocycles. The van der Waals surface area contributed by atoms with E-state index in [1.807, 2.05) is 19.1 Å². The molecule has 3 aromatic rings. The van der Waals surface area contributed by atoms with Gasteiger partial charge in [-0.25, -0.2) is 4.68 Å². The summed E-state index contributed by atoms with van der Waals surface area (Å²) in [6.07, 6.45) is 6.89. The molecule has 36 heavy (non-hydrogen) atoms. The molecule has 1 aliphatic carbocycles. The molecule has 1 N–H and O–H groups in total. The number of hydrogen-bond donors (Lipinski definition) is 1. The van der Waals surface area contributed by atoms with Gasteiger partial charge in [-0.15, -0.1) is 5.10 Å². The summed E-state index contributed by atoms with van der Waals surface area (Å²) in [5.74, 6) is 0.930. The van der Waals surface area contributed by atoms with Gasteiger partial charge in [0.1, 0.15) is 0 Å². The van der Waals surface area contributed by atoms with Gasteiger partial charge in [0.25, 0.3) is 5.56 Å². The van der Waals surface area contributed by atoms with Crippen LogP contribution >= 0.6 is 0 Å². The Hall–Kier alpha value is -2.62. The van der Waals surface area contributed by atoms with Crippen LogP contribution in [0.5, 0.6) is 0 Å². The molecule has 0 spiro atoms. The molecule has 2 fully saturated rings. The zero-order chi connectivity index (χ0) is 24.9. The van der Waals surface area contributed by atoms with Crippen molar-refractivity contribution in [2.45, 2.75) is 71.0 Å². The summed E-state index contributed by atoms with van der Waals surface area (Å²) in [6.45, 7) is 9.99. The summed E-state index contributed by atoms with van der Waals surface area (Å²) in [5.41, 5.74) is 2.76. The fourth-order valence-corrected chi connectivity index (χ4v) is 5.81. The molecule has 194 valence electrons. The van der Waals surface area contributed by atoms with Crippen LogP contribution in [0.25, 0.3) is 10.9 Å². The molecule has 1 atom stereocenters. The molecule has 5 rings (SSSR count). The van der Waals surface area contributed by atoms with E-state index in [4.69, 9.17) is 4.74 Å². The lowest BCUT2D eigenvalue weighted by Gasteiger charge is -2.34. The van der Waals surface area contributed by atoms with E-state index in [-0.39, 0.29) is 11.6 Å². The molecule has 1 aromatic carbocycles. The third-order valence-corrected chi connectivity index (χ3v) is 7.91. The van der Waals surface area contributed by atoms with Crippen molar-refractivity contribution in [3.05, 3.63) is 51.6 Å². The standard InChI is InChI=1S/C27H39N7O2/c1-3-24(26-29-30-31-34(26)23-10-5-4-6-11-23)33(13-12-32-14-16-36-17-15-32)19-22-18-21-9-7-8-20(2)25(21)28-27(22)35/h7-9,18,23-24H,3-6,10-17,19H2,1-2H3,(H,28,35)/t24-/m0/s1. The Kier molecular flexibility index (Phi) is 8.09. The Morgan fingerprint density at radius 1 is 1.19 bits per heavy atom. The number of nitrogens with zero attached hydrogens (tertiary/aromatic N) is 6. The van der Waals surface area contributed by atoms with Crippen LogP contribution in [0.1, 0.15) is 74.5 Å². The number of aromatic nitrogens is 5. The lowest BCUT2D eigenvalue weighted by Crippen LogP contribution is -2.43. The lowest BCUT2D eigenvalue weighted by atomic mass is 9.95. The van der Waals surface area contributed by atoms with E-state index in [1.165, 1.54) is 19.3 Å². The zero-order valence-corrected chi connectivity index (χ0v) is 21.7. The second kappa shape index (κ2) is 11.6. The molecular formula is C27H39N7O2. The normalized spacial score (nSPS) is 18.8. The van der Waals surface area contributed by atoms with Crippen LogP contribution in [0, 0.1) is 6.92 Å². The highest BCUT2D eigenvalue weighted by molar-refractivity contribution is 5.81. The molecule has 1 saturated heterocycles.